The molecule has 1 aliphatic rings. The van der Waals surface area contributed by atoms with E-state index in [0.29, 0.717) is 5.13 Å². The Labute approximate surface area is 115 Å². The van der Waals surface area contributed by atoms with Gasteiger partial charge in [0.05, 0.1) is 5.69 Å². The maximum atomic E-state index is 5.80. The van der Waals surface area contributed by atoms with Crippen molar-refractivity contribution in [2.75, 3.05) is 5.73 Å². The minimum absolute atomic E-state index is 0.106. The van der Waals surface area contributed by atoms with Crippen molar-refractivity contribution in [3.63, 3.8) is 0 Å². The van der Waals surface area contributed by atoms with Crippen LogP contribution in [-0.2, 0) is 5.41 Å². The lowest BCUT2D eigenvalue weighted by atomic mass is 9.89. The molecule has 2 nitrogen and oxygen atoms in total. The number of aromatic nitrogens is 1. The highest BCUT2D eigenvalue weighted by molar-refractivity contribution is 7.13. The van der Waals surface area contributed by atoms with Gasteiger partial charge < -0.3 is 5.73 Å². The number of fused-ring (bicyclic) bond motifs is 1. The number of nitrogens with two attached hydrogens (primary N) is 1. The van der Waals surface area contributed by atoms with Gasteiger partial charge >= 0.3 is 0 Å². The molecule has 0 spiro atoms. The van der Waals surface area contributed by atoms with E-state index < -0.39 is 0 Å². The van der Waals surface area contributed by atoms with Crippen molar-refractivity contribution in [2.24, 2.45) is 0 Å². The average molecular weight is 266 g/mol. The quantitative estimate of drug-likeness (QED) is 0.762. The van der Waals surface area contributed by atoms with Crippen LogP contribution in [0.3, 0.4) is 0 Å². The second-order valence-corrected chi connectivity index (χ2v) is 6.07. The molecule has 2 aromatic carbocycles. The van der Waals surface area contributed by atoms with Crippen molar-refractivity contribution in [1.29, 1.82) is 0 Å². The predicted octanol–water partition coefficient (Wildman–Crippen LogP) is 3.96. The van der Waals surface area contributed by atoms with Crippen molar-refractivity contribution in [3.8, 4) is 0 Å². The van der Waals surface area contributed by atoms with Gasteiger partial charge in [-0.05, 0) is 29.2 Å². The minimum Gasteiger partial charge on any atom is -0.375 e. The Kier molecular flexibility index (Phi) is 2.21. The zero-order chi connectivity index (χ0) is 12.9. The van der Waals surface area contributed by atoms with Crippen LogP contribution in [-0.4, -0.2) is 4.98 Å². The lowest BCUT2D eigenvalue weighted by Crippen LogP contribution is -2.10. The van der Waals surface area contributed by atoms with E-state index in [0.717, 1.165) is 5.69 Å². The molecule has 2 N–H and O–H groups in total. The monoisotopic (exact) mass is 266 g/mol. The summed E-state index contributed by atoms with van der Waals surface area (Å²) in [6, 6.07) is 15.1. The smallest absolute Gasteiger partial charge is 0.180 e. The molecular formula is C16H14N2S. The fraction of sp³-hybridized carbons (Fsp3) is 0.188. The molecule has 1 saturated carbocycles. The fourth-order valence-corrected chi connectivity index (χ4v) is 3.60. The van der Waals surface area contributed by atoms with Crippen molar-refractivity contribution in [3.05, 3.63) is 59.1 Å². The Morgan fingerprint density at radius 3 is 2.58 bits per heavy atom. The number of hydrogen-bond acceptors (Lipinski definition) is 3. The predicted molar refractivity (Wildman–Crippen MR) is 80.5 cm³/mol. The summed E-state index contributed by atoms with van der Waals surface area (Å²) in [7, 11) is 0. The van der Waals surface area contributed by atoms with E-state index in [1.807, 2.05) is 0 Å². The first-order valence-electron chi connectivity index (χ1n) is 6.49. The Hall–Kier alpha value is -1.87. The van der Waals surface area contributed by atoms with E-state index in [2.05, 4.69) is 52.8 Å². The number of benzene rings is 2. The number of rotatable bonds is 2. The third-order valence-corrected chi connectivity index (χ3v) is 4.74. The Bertz CT molecular complexity index is 751. The Morgan fingerprint density at radius 2 is 1.84 bits per heavy atom. The molecule has 1 fully saturated rings. The molecule has 4 rings (SSSR count). The second kappa shape index (κ2) is 3.81. The maximum absolute atomic E-state index is 5.80. The normalized spacial score (nSPS) is 16.6. The van der Waals surface area contributed by atoms with E-state index in [9.17, 15) is 0 Å². The second-order valence-electron chi connectivity index (χ2n) is 5.18. The number of nitrogen functional groups attached to an aromatic ring is 1. The first-order valence-corrected chi connectivity index (χ1v) is 7.37. The highest BCUT2D eigenvalue weighted by atomic mass is 32.1. The van der Waals surface area contributed by atoms with Gasteiger partial charge in [-0.15, -0.1) is 11.3 Å². The van der Waals surface area contributed by atoms with Crippen molar-refractivity contribution >= 4 is 27.2 Å². The van der Waals surface area contributed by atoms with Gasteiger partial charge in [0.15, 0.2) is 5.13 Å². The molecule has 0 saturated heterocycles. The van der Waals surface area contributed by atoms with E-state index in [4.69, 9.17) is 5.73 Å². The Balaban J connectivity index is 1.95. The van der Waals surface area contributed by atoms with Gasteiger partial charge in [0, 0.05) is 10.8 Å². The van der Waals surface area contributed by atoms with Crippen LogP contribution < -0.4 is 5.73 Å². The first kappa shape index (κ1) is 11.0. The summed E-state index contributed by atoms with van der Waals surface area (Å²) in [6.45, 7) is 0. The SMILES string of the molecule is Nc1nc(C2(c3cccc4ccccc34)CC2)cs1. The molecule has 0 unspecified atom stereocenters. The van der Waals surface area contributed by atoms with Gasteiger partial charge in [-0.1, -0.05) is 42.5 Å². The van der Waals surface area contributed by atoms with Crippen molar-refractivity contribution in [1.82, 2.24) is 4.98 Å². The maximum Gasteiger partial charge on any atom is 0.180 e. The standard InChI is InChI=1S/C16H14N2S/c17-15-18-14(10-19-15)16(8-9-16)13-7-3-5-11-4-1-2-6-12(11)13/h1-7,10H,8-9H2,(H2,17,18). The van der Waals surface area contributed by atoms with E-state index in [1.54, 1.807) is 0 Å². The number of nitrogens with zero attached hydrogens (tertiary/aromatic N) is 1. The number of anilines is 1. The van der Waals surface area contributed by atoms with Gasteiger partial charge in [-0.3, -0.25) is 0 Å². The summed E-state index contributed by atoms with van der Waals surface area (Å²) in [6.07, 6.45) is 2.34. The summed E-state index contributed by atoms with van der Waals surface area (Å²) in [5.41, 5.74) is 8.45. The molecule has 94 valence electrons. The van der Waals surface area contributed by atoms with E-state index in [-0.39, 0.29) is 5.41 Å². The van der Waals surface area contributed by atoms with Crippen LogP contribution in [0.5, 0.6) is 0 Å². The highest BCUT2D eigenvalue weighted by Crippen LogP contribution is 2.55. The molecule has 1 aromatic heterocycles. The molecule has 3 heteroatoms. The lowest BCUT2D eigenvalue weighted by molar-refractivity contribution is 0.823. The van der Waals surface area contributed by atoms with Crippen LogP contribution in [0.2, 0.25) is 0 Å². The van der Waals surface area contributed by atoms with Gasteiger partial charge in [0.1, 0.15) is 0 Å². The molecule has 0 atom stereocenters. The minimum atomic E-state index is 0.106. The fourth-order valence-electron chi connectivity index (χ4n) is 2.94. The van der Waals surface area contributed by atoms with Crippen molar-refractivity contribution < 1.29 is 0 Å². The zero-order valence-electron chi connectivity index (χ0n) is 10.5. The first-order chi connectivity index (χ1) is 9.29. The summed E-state index contributed by atoms with van der Waals surface area (Å²) >= 11 is 1.54. The van der Waals surface area contributed by atoms with E-state index >= 15 is 0 Å². The molecule has 19 heavy (non-hydrogen) atoms. The van der Waals surface area contributed by atoms with E-state index in [1.165, 1.54) is 40.5 Å². The molecule has 1 heterocycles. The average Bonchev–Trinajstić information content (AvgIpc) is 3.14. The lowest BCUT2D eigenvalue weighted by Gasteiger charge is -2.16. The molecule has 1 aliphatic carbocycles. The van der Waals surface area contributed by atoms with Gasteiger partial charge in [0.25, 0.3) is 0 Å². The zero-order valence-corrected chi connectivity index (χ0v) is 11.3. The molecule has 3 aromatic rings. The number of hydrogen-bond donors (Lipinski definition) is 1. The highest BCUT2D eigenvalue weighted by Gasteiger charge is 2.48. The van der Waals surface area contributed by atoms with Crippen LogP contribution in [0.4, 0.5) is 5.13 Å². The molecular weight excluding hydrogens is 252 g/mol. The largest absolute Gasteiger partial charge is 0.375 e. The third-order valence-electron chi connectivity index (χ3n) is 4.07. The van der Waals surface area contributed by atoms with Crippen LogP contribution in [0.25, 0.3) is 10.8 Å². The number of thiazole rings is 1. The van der Waals surface area contributed by atoms with Crippen LogP contribution in [0.15, 0.2) is 47.8 Å². The van der Waals surface area contributed by atoms with Gasteiger partial charge in [0.2, 0.25) is 0 Å². The molecule has 0 amide bonds. The van der Waals surface area contributed by atoms with Crippen LogP contribution in [0.1, 0.15) is 24.1 Å². The summed E-state index contributed by atoms with van der Waals surface area (Å²) in [4.78, 5) is 4.52. The summed E-state index contributed by atoms with van der Waals surface area (Å²) < 4.78 is 0. The molecule has 0 radical (unpaired) electrons. The van der Waals surface area contributed by atoms with Crippen molar-refractivity contribution in [2.45, 2.75) is 18.3 Å². The molecule has 0 bridgehead atoms. The van der Waals surface area contributed by atoms with Crippen LogP contribution in [0, 0.1) is 0 Å². The Morgan fingerprint density at radius 1 is 1.05 bits per heavy atom. The third kappa shape index (κ3) is 1.58. The topological polar surface area (TPSA) is 38.9 Å². The van der Waals surface area contributed by atoms with Crippen LogP contribution >= 0.6 is 11.3 Å². The van der Waals surface area contributed by atoms with Gasteiger partial charge in [-0.25, -0.2) is 4.98 Å². The summed E-state index contributed by atoms with van der Waals surface area (Å²) in [5.74, 6) is 0. The summed E-state index contributed by atoms with van der Waals surface area (Å²) in [5, 5.41) is 5.43. The van der Waals surface area contributed by atoms with Gasteiger partial charge in [-0.2, -0.15) is 0 Å². The molecule has 0 aliphatic heterocycles.